The number of nitrogens with two attached hydrogens (primary N) is 1. The Balaban J connectivity index is 3.70. The molecule has 64 valence electrons. The van der Waals surface area contributed by atoms with Gasteiger partial charge in [-0.15, -0.1) is 0 Å². The second-order valence-corrected chi connectivity index (χ2v) is 2.44. The minimum absolute atomic E-state index is 0.0153. The molecule has 4 nitrogen and oxygen atoms in total. The quantitative estimate of drug-likeness (QED) is 0.607. The largest absolute Gasteiger partial charge is 0.481 e. The van der Waals surface area contributed by atoms with E-state index in [4.69, 9.17) is 10.8 Å². The van der Waals surface area contributed by atoms with Gasteiger partial charge in [0.15, 0.2) is 0 Å². The van der Waals surface area contributed by atoms with E-state index in [1.165, 1.54) is 0 Å². The van der Waals surface area contributed by atoms with E-state index in [0.29, 0.717) is 12.8 Å². The summed E-state index contributed by atoms with van der Waals surface area (Å²) in [6, 6.07) is 0. The predicted molar refractivity (Wildman–Crippen MR) is 39.8 cm³/mol. The molecule has 0 radical (unpaired) electrons. The van der Waals surface area contributed by atoms with Crippen LogP contribution in [0.25, 0.3) is 0 Å². The zero-order valence-corrected chi connectivity index (χ0v) is 6.54. The topological polar surface area (TPSA) is 80.4 Å². The van der Waals surface area contributed by atoms with Crippen LogP contribution >= 0.6 is 0 Å². The molecule has 1 amide bonds. The van der Waals surface area contributed by atoms with Crippen LogP contribution in [0.15, 0.2) is 0 Å². The molecule has 0 rings (SSSR count). The Morgan fingerprint density at radius 2 is 2.09 bits per heavy atom. The second kappa shape index (κ2) is 4.71. The lowest BCUT2D eigenvalue weighted by molar-refractivity contribution is -0.137. The van der Waals surface area contributed by atoms with Gasteiger partial charge in [0, 0.05) is 12.3 Å². The van der Waals surface area contributed by atoms with Crippen molar-refractivity contribution in [3.63, 3.8) is 0 Å². The van der Waals surface area contributed by atoms with Crippen molar-refractivity contribution in [2.24, 2.45) is 11.7 Å². The van der Waals surface area contributed by atoms with Gasteiger partial charge in [-0.3, -0.25) is 9.59 Å². The number of aliphatic carboxylic acids is 1. The predicted octanol–water partition coefficient (Wildman–Crippen LogP) is 0.363. The van der Waals surface area contributed by atoms with Crippen molar-refractivity contribution in [1.29, 1.82) is 0 Å². The highest BCUT2D eigenvalue weighted by molar-refractivity contribution is 5.77. The minimum atomic E-state index is -0.885. The molecule has 0 aliphatic rings. The number of carboxylic acids is 1. The smallest absolute Gasteiger partial charge is 0.303 e. The van der Waals surface area contributed by atoms with Crippen molar-refractivity contribution < 1.29 is 14.7 Å². The van der Waals surface area contributed by atoms with Gasteiger partial charge in [-0.2, -0.15) is 0 Å². The second-order valence-electron chi connectivity index (χ2n) is 2.44. The van der Waals surface area contributed by atoms with Crippen molar-refractivity contribution in [2.75, 3.05) is 0 Å². The molecule has 0 aromatic rings. The Morgan fingerprint density at radius 3 is 2.36 bits per heavy atom. The molecule has 1 atom stereocenters. The highest BCUT2D eigenvalue weighted by atomic mass is 16.4. The highest BCUT2D eigenvalue weighted by Crippen LogP contribution is 2.09. The number of carboxylic acid groups (broad SMARTS) is 1. The van der Waals surface area contributed by atoms with E-state index in [1.807, 2.05) is 6.92 Å². The molecular formula is C7H13NO3. The molecule has 4 heteroatoms. The molecule has 0 aliphatic carbocycles. The fourth-order valence-electron chi connectivity index (χ4n) is 0.845. The third kappa shape index (κ3) is 4.36. The lowest BCUT2D eigenvalue weighted by Gasteiger charge is -2.07. The molecule has 0 saturated carbocycles. The molecule has 1 unspecified atom stereocenters. The molecular weight excluding hydrogens is 146 g/mol. The number of primary amides is 1. The van der Waals surface area contributed by atoms with E-state index >= 15 is 0 Å². The van der Waals surface area contributed by atoms with Gasteiger partial charge >= 0.3 is 5.97 Å². The Morgan fingerprint density at radius 1 is 1.55 bits per heavy atom. The minimum Gasteiger partial charge on any atom is -0.481 e. The van der Waals surface area contributed by atoms with Gasteiger partial charge in [-0.05, 0) is 12.8 Å². The summed E-state index contributed by atoms with van der Waals surface area (Å²) in [5.74, 6) is -1.58. The van der Waals surface area contributed by atoms with Crippen LogP contribution < -0.4 is 5.73 Å². The zero-order valence-electron chi connectivity index (χ0n) is 6.54. The van der Waals surface area contributed by atoms with Gasteiger partial charge in [0.2, 0.25) is 5.91 Å². The van der Waals surface area contributed by atoms with Gasteiger partial charge < -0.3 is 10.8 Å². The first kappa shape index (κ1) is 9.94. The van der Waals surface area contributed by atoms with Crippen LogP contribution in [-0.2, 0) is 9.59 Å². The third-order valence-corrected chi connectivity index (χ3v) is 1.60. The Bertz CT molecular complexity index is 156. The van der Waals surface area contributed by atoms with Crippen LogP contribution in [0.1, 0.15) is 26.2 Å². The maximum Gasteiger partial charge on any atom is 0.303 e. The Kier molecular flexibility index (Phi) is 4.26. The van der Waals surface area contributed by atoms with E-state index in [9.17, 15) is 9.59 Å². The fourth-order valence-corrected chi connectivity index (χ4v) is 0.845. The number of rotatable bonds is 5. The lowest BCUT2D eigenvalue weighted by atomic mass is 10.00. The summed E-state index contributed by atoms with van der Waals surface area (Å²) in [6.45, 7) is 1.82. The van der Waals surface area contributed by atoms with E-state index in [2.05, 4.69) is 0 Å². The summed E-state index contributed by atoms with van der Waals surface area (Å²) < 4.78 is 0. The molecule has 0 saturated heterocycles. The van der Waals surface area contributed by atoms with Crippen molar-refractivity contribution in [2.45, 2.75) is 26.2 Å². The number of carbonyl (C=O) groups excluding carboxylic acids is 1. The first-order chi connectivity index (χ1) is 5.07. The normalized spacial score (nSPS) is 12.5. The Labute approximate surface area is 65.4 Å². The maximum atomic E-state index is 10.6. The number of hydrogen-bond donors (Lipinski definition) is 2. The fraction of sp³-hybridized carbons (Fsp3) is 0.714. The van der Waals surface area contributed by atoms with Crippen LogP contribution in [0, 0.1) is 5.92 Å². The van der Waals surface area contributed by atoms with E-state index in [-0.39, 0.29) is 12.3 Å². The van der Waals surface area contributed by atoms with Gasteiger partial charge in [0.25, 0.3) is 0 Å². The molecule has 0 aromatic carbocycles. The summed E-state index contributed by atoms with van der Waals surface area (Å²) in [5.41, 5.74) is 5.00. The highest BCUT2D eigenvalue weighted by Gasteiger charge is 2.13. The summed E-state index contributed by atoms with van der Waals surface area (Å²) in [7, 11) is 0. The van der Waals surface area contributed by atoms with Crippen LogP contribution in [-0.4, -0.2) is 17.0 Å². The van der Waals surface area contributed by atoms with Crippen molar-refractivity contribution in [3.05, 3.63) is 0 Å². The maximum absolute atomic E-state index is 10.6. The van der Waals surface area contributed by atoms with Crippen molar-refractivity contribution >= 4 is 11.9 Å². The molecule has 0 heterocycles. The first-order valence-corrected chi connectivity index (χ1v) is 3.59. The van der Waals surface area contributed by atoms with Gasteiger partial charge in [-0.1, -0.05) is 6.92 Å². The number of hydrogen-bond acceptors (Lipinski definition) is 2. The van der Waals surface area contributed by atoms with Crippen molar-refractivity contribution in [1.82, 2.24) is 0 Å². The molecule has 0 bridgehead atoms. The summed E-state index contributed by atoms with van der Waals surface area (Å²) >= 11 is 0. The van der Waals surface area contributed by atoms with Crippen LogP contribution in [0.3, 0.4) is 0 Å². The van der Waals surface area contributed by atoms with Gasteiger partial charge in [-0.25, -0.2) is 0 Å². The summed E-state index contributed by atoms with van der Waals surface area (Å²) in [6.07, 6.45) is 0.977. The van der Waals surface area contributed by atoms with Gasteiger partial charge in [0.1, 0.15) is 0 Å². The zero-order chi connectivity index (χ0) is 8.85. The molecule has 0 aromatic heterocycles. The SMILES string of the molecule is CCC(CCC(=O)O)C(N)=O. The average molecular weight is 159 g/mol. The molecule has 0 spiro atoms. The molecule has 3 N–H and O–H groups in total. The average Bonchev–Trinajstić information content (AvgIpc) is 1.87. The summed E-state index contributed by atoms with van der Waals surface area (Å²) in [4.78, 5) is 20.7. The van der Waals surface area contributed by atoms with Gasteiger partial charge in [0.05, 0.1) is 0 Å². The van der Waals surface area contributed by atoms with E-state index in [0.717, 1.165) is 0 Å². The molecule has 0 fully saturated rings. The number of amides is 1. The standard InChI is InChI=1S/C7H13NO3/c1-2-5(7(8)11)3-4-6(9)10/h5H,2-4H2,1H3,(H2,8,11)(H,9,10). The summed E-state index contributed by atoms with van der Waals surface area (Å²) in [5, 5.41) is 8.29. The number of carbonyl (C=O) groups is 2. The van der Waals surface area contributed by atoms with E-state index in [1.54, 1.807) is 0 Å². The third-order valence-electron chi connectivity index (χ3n) is 1.60. The van der Waals surface area contributed by atoms with Crippen LogP contribution in [0.5, 0.6) is 0 Å². The molecule has 0 aliphatic heterocycles. The monoisotopic (exact) mass is 159 g/mol. The lowest BCUT2D eigenvalue weighted by Crippen LogP contribution is -2.23. The van der Waals surface area contributed by atoms with Crippen LogP contribution in [0.2, 0.25) is 0 Å². The van der Waals surface area contributed by atoms with Crippen molar-refractivity contribution in [3.8, 4) is 0 Å². The Hall–Kier alpha value is -1.06. The van der Waals surface area contributed by atoms with Crippen LogP contribution in [0.4, 0.5) is 0 Å². The molecule has 11 heavy (non-hydrogen) atoms. The van der Waals surface area contributed by atoms with E-state index < -0.39 is 11.9 Å². The first-order valence-electron chi connectivity index (χ1n) is 3.59.